The van der Waals surface area contributed by atoms with Crippen molar-refractivity contribution in [3.8, 4) is 0 Å². The Morgan fingerprint density at radius 1 is 1.42 bits per heavy atom. The summed E-state index contributed by atoms with van der Waals surface area (Å²) in [7, 11) is 0. The zero-order valence-corrected chi connectivity index (χ0v) is 8.17. The third kappa shape index (κ3) is 0.993. The highest BCUT2D eigenvalue weighted by atomic mass is 35.5. The second-order valence-electron chi connectivity index (χ2n) is 2.73. The van der Waals surface area contributed by atoms with E-state index in [0.29, 0.717) is 10.0 Å². The van der Waals surface area contributed by atoms with Crippen LogP contribution in [-0.4, -0.2) is 0 Å². The van der Waals surface area contributed by atoms with Gasteiger partial charge in [0.2, 0.25) is 0 Å². The molecule has 0 fully saturated rings. The quantitative estimate of drug-likeness (QED) is 0.688. The van der Waals surface area contributed by atoms with Gasteiger partial charge in [0.1, 0.15) is 5.00 Å². The molecular weight excluding hydrogens is 190 g/mol. The standard InChI is InChI=1S/C9H8ClNS/c1-5-3-2-4-6-7(5)8(10)9(11)12-6/h2-4H,11H2,1H3. The highest BCUT2D eigenvalue weighted by Crippen LogP contribution is 2.38. The van der Waals surface area contributed by atoms with Crippen LogP contribution in [-0.2, 0) is 0 Å². The molecule has 2 aromatic rings. The number of hydrogen-bond donors (Lipinski definition) is 1. The fourth-order valence-electron chi connectivity index (χ4n) is 1.29. The van der Waals surface area contributed by atoms with Gasteiger partial charge in [0.25, 0.3) is 0 Å². The monoisotopic (exact) mass is 197 g/mol. The highest BCUT2D eigenvalue weighted by molar-refractivity contribution is 7.23. The Kier molecular flexibility index (Phi) is 1.74. The third-order valence-corrected chi connectivity index (χ3v) is 3.38. The Labute approximate surface area is 79.8 Å². The van der Waals surface area contributed by atoms with Crippen molar-refractivity contribution < 1.29 is 0 Å². The molecule has 0 amide bonds. The molecule has 0 radical (unpaired) electrons. The maximum absolute atomic E-state index is 6.03. The van der Waals surface area contributed by atoms with Crippen molar-refractivity contribution in [3.05, 3.63) is 28.8 Å². The summed E-state index contributed by atoms with van der Waals surface area (Å²) in [5.74, 6) is 0. The first-order chi connectivity index (χ1) is 5.70. The first-order valence-corrected chi connectivity index (χ1v) is 4.82. The van der Waals surface area contributed by atoms with E-state index in [9.17, 15) is 0 Å². The van der Waals surface area contributed by atoms with Gasteiger partial charge < -0.3 is 5.73 Å². The predicted octanol–water partition coefficient (Wildman–Crippen LogP) is 3.45. The molecule has 0 bridgehead atoms. The van der Waals surface area contributed by atoms with Gasteiger partial charge in [0.15, 0.2) is 0 Å². The molecule has 1 heterocycles. The molecule has 12 heavy (non-hydrogen) atoms. The first-order valence-electron chi connectivity index (χ1n) is 3.63. The minimum absolute atomic E-state index is 0.702. The number of anilines is 1. The summed E-state index contributed by atoms with van der Waals surface area (Å²) >= 11 is 7.57. The second-order valence-corrected chi connectivity index (χ2v) is 4.19. The maximum atomic E-state index is 6.03. The first kappa shape index (κ1) is 7.90. The van der Waals surface area contributed by atoms with Crippen LogP contribution in [0.2, 0.25) is 5.02 Å². The Morgan fingerprint density at radius 3 is 2.83 bits per heavy atom. The molecule has 0 spiro atoms. The number of nitrogen functional groups attached to an aromatic ring is 1. The SMILES string of the molecule is Cc1cccc2sc(N)c(Cl)c12. The molecule has 2 N–H and O–H groups in total. The van der Waals surface area contributed by atoms with Gasteiger partial charge in [-0.2, -0.15) is 0 Å². The summed E-state index contributed by atoms with van der Waals surface area (Å²) < 4.78 is 1.16. The molecule has 0 aliphatic heterocycles. The normalized spacial score (nSPS) is 10.8. The smallest absolute Gasteiger partial charge is 0.106 e. The molecule has 2 rings (SSSR count). The lowest BCUT2D eigenvalue weighted by Gasteiger charge is -1.94. The highest BCUT2D eigenvalue weighted by Gasteiger charge is 2.08. The Bertz CT molecular complexity index is 433. The van der Waals surface area contributed by atoms with Gasteiger partial charge in [-0.25, -0.2) is 0 Å². The van der Waals surface area contributed by atoms with E-state index in [4.69, 9.17) is 17.3 Å². The van der Waals surface area contributed by atoms with Crippen molar-refractivity contribution >= 4 is 38.0 Å². The van der Waals surface area contributed by atoms with E-state index < -0.39 is 0 Å². The molecule has 1 aromatic heterocycles. The average Bonchev–Trinajstić information content (AvgIpc) is 2.29. The van der Waals surface area contributed by atoms with E-state index in [0.717, 1.165) is 10.1 Å². The van der Waals surface area contributed by atoms with Crippen LogP contribution < -0.4 is 5.73 Å². The number of fused-ring (bicyclic) bond motifs is 1. The number of halogens is 1. The Hall–Kier alpha value is -0.730. The van der Waals surface area contributed by atoms with Crippen LogP contribution in [0, 0.1) is 6.92 Å². The van der Waals surface area contributed by atoms with Gasteiger partial charge in [0.05, 0.1) is 5.02 Å². The molecule has 0 atom stereocenters. The van der Waals surface area contributed by atoms with Crippen molar-refractivity contribution in [2.75, 3.05) is 5.73 Å². The van der Waals surface area contributed by atoms with Crippen LogP contribution in [0.25, 0.3) is 10.1 Å². The second kappa shape index (κ2) is 2.64. The zero-order valence-electron chi connectivity index (χ0n) is 6.60. The van der Waals surface area contributed by atoms with E-state index >= 15 is 0 Å². The predicted molar refractivity (Wildman–Crippen MR) is 56.0 cm³/mol. The number of rotatable bonds is 0. The Balaban J connectivity index is 2.97. The molecular formula is C9H8ClNS. The van der Waals surface area contributed by atoms with Gasteiger partial charge in [-0.15, -0.1) is 11.3 Å². The van der Waals surface area contributed by atoms with Crippen LogP contribution in [0.1, 0.15) is 5.56 Å². The van der Waals surface area contributed by atoms with Crippen molar-refractivity contribution in [3.63, 3.8) is 0 Å². The average molecular weight is 198 g/mol. The van der Waals surface area contributed by atoms with Gasteiger partial charge >= 0.3 is 0 Å². The largest absolute Gasteiger partial charge is 0.389 e. The van der Waals surface area contributed by atoms with Gasteiger partial charge in [0, 0.05) is 10.1 Å². The van der Waals surface area contributed by atoms with Crippen LogP contribution in [0.5, 0.6) is 0 Å². The summed E-state index contributed by atoms with van der Waals surface area (Å²) in [6.07, 6.45) is 0. The number of hydrogen-bond acceptors (Lipinski definition) is 2. The molecule has 1 aromatic carbocycles. The zero-order chi connectivity index (χ0) is 8.72. The van der Waals surface area contributed by atoms with Crippen LogP contribution in [0.4, 0.5) is 5.00 Å². The van der Waals surface area contributed by atoms with E-state index in [-0.39, 0.29) is 0 Å². The molecule has 3 heteroatoms. The van der Waals surface area contributed by atoms with Crippen LogP contribution in [0.3, 0.4) is 0 Å². The lowest BCUT2D eigenvalue weighted by atomic mass is 10.1. The lowest BCUT2D eigenvalue weighted by Crippen LogP contribution is -1.77. The fourth-order valence-corrected chi connectivity index (χ4v) is 2.66. The van der Waals surface area contributed by atoms with Crippen molar-refractivity contribution in [2.24, 2.45) is 0 Å². The van der Waals surface area contributed by atoms with E-state index in [2.05, 4.69) is 0 Å². The van der Waals surface area contributed by atoms with Gasteiger partial charge in [-0.3, -0.25) is 0 Å². The summed E-state index contributed by atoms with van der Waals surface area (Å²) in [6.45, 7) is 2.04. The molecule has 0 aliphatic rings. The van der Waals surface area contributed by atoms with Crippen LogP contribution in [0.15, 0.2) is 18.2 Å². The summed E-state index contributed by atoms with van der Waals surface area (Å²) in [5.41, 5.74) is 6.89. The lowest BCUT2D eigenvalue weighted by molar-refractivity contribution is 1.55. The van der Waals surface area contributed by atoms with Gasteiger partial charge in [-0.1, -0.05) is 23.7 Å². The molecule has 0 saturated carbocycles. The van der Waals surface area contributed by atoms with Crippen molar-refractivity contribution in [1.82, 2.24) is 0 Å². The minimum Gasteiger partial charge on any atom is -0.389 e. The van der Waals surface area contributed by atoms with Crippen molar-refractivity contribution in [1.29, 1.82) is 0 Å². The number of benzene rings is 1. The number of thiophene rings is 1. The van der Waals surface area contributed by atoms with E-state index in [1.807, 2.05) is 25.1 Å². The summed E-state index contributed by atoms with van der Waals surface area (Å²) in [4.78, 5) is 0. The topological polar surface area (TPSA) is 26.0 Å². The van der Waals surface area contributed by atoms with Gasteiger partial charge in [-0.05, 0) is 18.6 Å². The third-order valence-electron chi connectivity index (χ3n) is 1.89. The Morgan fingerprint density at radius 2 is 2.17 bits per heavy atom. The van der Waals surface area contributed by atoms with Crippen molar-refractivity contribution in [2.45, 2.75) is 6.92 Å². The molecule has 1 nitrogen and oxygen atoms in total. The summed E-state index contributed by atoms with van der Waals surface area (Å²) in [6, 6.07) is 6.10. The molecule has 0 unspecified atom stereocenters. The molecule has 62 valence electrons. The van der Waals surface area contributed by atoms with E-state index in [1.165, 1.54) is 16.9 Å². The maximum Gasteiger partial charge on any atom is 0.106 e. The van der Waals surface area contributed by atoms with Crippen LogP contribution >= 0.6 is 22.9 Å². The molecule has 0 aliphatic carbocycles. The minimum atomic E-state index is 0.702. The number of aryl methyl sites for hydroxylation is 1. The fraction of sp³-hybridized carbons (Fsp3) is 0.111. The number of nitrogens with two attached hydrogens (primary N) is 1. The molecule has 0 saturated heterocycles. The van der Waals surface area contributed by atoms with E-state index in [1.54, 1.807) is 0 Å². The summed E-state index contributed by atoms with van der Waals surface area (Å²) in [5, 5.41) is 2.51.